The molecule has 8 rings (SSSR count). The van der Waals surface area contributed by atoms with Crippen LogP contribution in [0, 0.1) is 17.6 Å². The molecule has 0 saturated carbocycles. The SMILES string of the molecule is CC1CCc2c(C(F)F)nn(CC(=O)NC(Cc3cc(F)cc(F)c3)c3nc4nc(N5CC(C)(O)C5)sc4cc3-c3cccc4c(N)nn(C)c34)c2C1. The van der Waals surface area contributed by atoms with E-state index in [-0.39, 0.29) is 30.1 Å². The maximum atomic E-state index is 14.6. The Bertz CT molecular complexity index is 2380. The number of halogens is 4. The first kappa shape index (κ1) is 35.0. The van der Waals surface area contributed by atoms with Gasteiger partial charge in [0.1, 0.15) is 23.9 Å². The molecule has 1 saturated heterocycles. The molecule has 0 bridgehead atoms. The van der Waals surface area contributed by atoms with Crippen LogP contribution in [0.1, 0.15) is 60.9 Å². The predicted octanol–water partition coefficient (Wildman–Crippen LogP) is 6.04. The number of nitrogen functional groups attached to an aromatic ring is 1. The molecule has 5 heterocycles. The molecule has 4 N–H and O–H groups in total. The van der Waals surface area contributed by atoms with E-state index in [2.05, 4.69) is 15.5 Å². The summed E-state index contributed by atoms with van der Waals surface area (Å²) < 4.78 is 61.0. The van der Waals surface area contributed by atoms with Crippen LogP contribution < -0.4 is 16.0 Å². The van der Waals surface area contributed by atoms with Crippen molar-refractivity contribution in [2.75, 3.05) is 23.7 Å². The summed E-state index contributed by atoms with van der Waals surface area (Å²) in [6.07, 6.45) is -1.15. The fourth-order valence-electron chi connectivity index (χ4n) is 7.72. The Morgan fingerprint density at radius 1 is 1.09 bits per heavy atom. The van der Waals surface area contributed by atoms with Gasteiger partial charge in [-0.3, -0.25) is 14.2 Å². The number of benzene rings is 2. The number of β-amino-alcohol motifs (C(OH)–C–C–N with tert-alkyl or cyclic N) is 1. The molecule has 2 aromatic carbocycles. The highest BCUT2D eigenvalue weighted by Crippen LogP contribution is 2.41. The van der Waals surface area contributed by atoms with Crippen LogP contribution in [0.4, 0.5) is 28.5 Å². The van der Waals surface area contributed by atoms with Crippen LogP contribution in [-0.2, 0) is 37.6 Å². The molecule has 1 fully saturated rings. The molecule has 1 aliphatic heterocycles. The minimum absolute atomic E-state index is 0.0715. The quantitative estimate of drug-likeness (QED) is 0.152. The molecule has 2 unspecified atom stereocenters. The number of aromatic nitrogens is 6. The maximum Gasteiger partial charge on any atom is 0.282 e. The van der Waals surface area contributed by atoms with Gasteiger partial charge < -0.3 is 21.1 Å². The average molecular weight is 748 g/mol. The molecular formula is C37H37F4N9O2S. The Balaban J connectivity index is 1.26. The van der Waals surface area contributed by atoms with Crippen molar-refractivity contribution in [2.45, 2.75) is 64.1 Å². The van der Waals surface area contributed by atoms with Crippen LogP contribution >= 0.6 is 11.3 Å². The zero-order valence-corrected chi connectivity index (χ0v) is 30.0. The van der Waals surface area contributed by atoms with Crippen molar-refractivity contribution in [2.24, 2.45) is 13.0 Å². The average Bonchev–Trinajstić information content (AvgIpc) is 3.74. The minimum atomic E-state index is -2.79. The third-order valence-corrected chi connectivity index (χ3v) is 11.1. The number of thiazole rings is 1. The number of anilines is 2. The van der Waals surface area contributed by atoms with E-state index in [1.54, 1.807) is 18.7 Å². The standard InChI is InChI=1S/C37H37F4N9O2S/c1-18-7-8-23-27(9-18)50(46-31(23)33(40)41)15-29(51)43-26(12-19-10-20(38)13-21(39)11-19)30-25(22-5-4-6-24-32(22)48(3)47-34(24)42)14-28-35(44-30)45-36(53-28)49-16-37(2,52)17-49/h4-6,10-11,13-14,18,26,33,52H,7-9,12,15-17H2,1-3H3,(H2,42,47)(H,43,51). The molecular weight excluding hydrogens is 711 g/mol. The summed E-state index contributed by atoms with van der Waals surface area (Å²) in [4.78, 5) is 25.8. The lowest BCUT2D eigenvalue weighted by Crippen LogP contribution is -2.60. The Labute approximate surface area is 305 Å². The van der Waals surface area contributed by atoms with Crippen LogP contribution in [0.5, 0.6) is 0 Å². The Kier molecular flexibility index (Phi) is 8.64. The third kappa shape index (κ3) is 6.58. The van der Waals surface area contributed by atoms with Gasteiger partial charge in [0.2, 0.25) is 5.91 Å². The van der Waals surface area contributed by atoms with Crippen molar-refractivity contribution in [3.8, 4) is 11.1 Å². The number of rotatable bonds is 9. The lowest BCUT2D eigenvalue weighted by molar-refractivity contribution is -0.122. The van der Waals surface area contributed by atoms with Crippen LogP contribution in [0.15, 0.2) is 42.5 Å². The van der Waals surface area contributed by atoms with E-state index >= 15 is 0 Å². The molecule has 2 atom stereocenters. The van der Waals surface area contributed by atoms with Gasteiger partial charge in [-0.1, -0.05) is 30.4 Å². The molecule has 11 nitrogen and oxygen atoms in total. The molecule has 276 valence electrons. The van der Waals surface area contributed by atoms with E-state index in [4.69, 9.17) is 15.7 Å². The van der Waals surface area contributed by atoms with E-state index in [0.717, 1.165) is 17.2 Å². The summed E-state index contributed by atoms with van der Waals surface area (Å²) in [5.74, 6) is -1.56. The zero-order chi connectivity index (χ0) is 37.3. The number of amides is 1. The highest BCUT2D eigenvalue weighted by Gasteiger charge is 2.38. The molecule has 16 heteroatoms. The normalized spacial score (nSPS) is 17.4. The molecule has 6 aromatic rings. The smallest absolute Gasteiger partial charge is 0.282 e. The second-order valence-corrected chi connectivity index (χ2v) is 15.5. The summed E-state index contributed by atoms with van der Waals surface area (Å²) in [7, 11) is 1.77. The van der Waals surface area contributed by atoms with Crippen molar-refractivity contribution in [3.05, 3.63) is 82.3 Å². The van der Waals surface area contributed by atoms with Crippen molar-refractivity contribution in [3.63, 3.8) is 0 Å². The first-order chi connectivity index (χ1) is 25.2. The van der Waals surface area contributed by atoms with Gasteiger partial charge in [0.05, 0.1) is 40.6 Å². The van der Waals surface area contributed by atoms with Gasteiger partial charge in [-0.05, 0) is 68.4 Å². The number of nitrogens with one attached hydrogen (secondary N) is 1. The third-order valence-electron chi connectivity index (χ3n) is 10.1. The highest BCUT2D eigenvalue weighted by molar-refractivity contribution is 7.22. The largest absolute Gasteiger partial charge is 0.386 e. The lowest BCUT2D eigenvalue weighted by Gasteiger charge is -2.43. The molecule has 4 aromatic heterocycles. The van der Waals surface area contributed by atoms with Crippen molar-refractivity contribution >= 4 is 49.4 Å². The highest BCUT2D eigenvalue weighted by atomic mass is 32.1. The molecule has 1 aliphatic carbocycles. The lowest BCUT2D eigenvalue weighted by atomic mass is 9.88. The van der Waals surface area contributed by atoms with E-state index in [9.17, 15) is 27.5 Å². The van der Waals surface area contributed by atoms with E-state index in [0.29, 0.717) is 81.5 Å². The second-order valence-electron chi connectivity index (χ2n) is 14.5. The van der Waals surface area contributed by atoms with Gasteiger partial charge in [0.15, 0.2) is 16.6 Å². The maximum absolute atomic E-state index is 14.6. The number of carbonyl (C=O) groups excluding carboxylic acids is 1. The minimum Gasteiger partial charge on any atom is -0.386 e. The Morgan fingerprint density at radius 2 is 1.85 bits per heavy atom. The zero-order valence-electron chi connectivity index (χ0n) is 29.2. The van der Waals surface area contributed by atoms with E-state index < -0.39 is 35.6 Å². The van der Waals surface area contributed by atoms with Crippen molar-refractivity contribution in [1.29, 1.82) is 0 Å². The first-order valence-corrected chi connectivity index (χ1v) is 18.2. The van der Waals surface area contributed by atoms with Gasteiger partial charge in [0.25, 0.3) is 6.43 Å². The van der Waals surface area contributed by atoms with Gasteiger partial charge in [-0.15, -0.1) is 0 Å². The first-order valence-electron chi connectivity index (χ1n) is 17.3. The Morgan fingerprint density at radius 3 is 2.57 bits per heavy atom. The van der Waals surface area contributed by atoms with Gasteiger partial charge in [-0.25, -0.2) is 22.5 Å². The fraction of sp³-hybridized carbons (Fsp3) is 0.378. The summed E-state index contributed by atoms with van der Waals surface area (Å²) >= 11 is 1.40. The predicted molar refractivity (Wildman–Crippen MR) is 194 cm³/mol. The summed E-state index contributed by atoms with van der Waals surface area (Å²) in [5, 5.41) is 23.4. The van der Waals surface area contributed by atoms with Crippen molar-refractivity contribution in [1.82, 2.24) is 34.8 Å². The van der Waals surface area contributed by atoms with Gasteiger partial charge in [0, 0.05) is 40.9 Å². The number of fused-ring (bicyclic) bond motifs is 3. The van der Waals surface area contributed by atoms with Crippen LogP contribution in [-0.4, -0.2) is 59.2 Å². The number of aliphatic hydroxyl groups is 1. The van der Waals surface area contributed by atoms with Crippen molar-refractivity contribution < 1.29 is 27.5 Å². The van der Waals surface area contributed by atoms with E-state index in [1.165, 1.54) is 28.2 Å². The number of nitrogens with zero attached hydrogens (tertiary/aromatic N) is 7. The fourth-order valence-corrected chi connectivity index (χ4v) is 8.66. The van der Waals surface area contributed by atoms with E-state index in [1.807, 2.05) is 36.1 Å². The monoisotopic (exact) mass is 747 g/mol. The van der Waals surface area contributed by atoms with Crippen LogP contribution in [0.2, 0.25) is 0 Å². The van der Waals surface area contributed by atoms with Gasteiger partial charge >= 0.3 is 0 Å². The van der Waals surface area contributed by atoms with Crippen LogP contribution in [0.3, 0.4) is 0 Å². The number of nitrogens with two attached hydrogens (primary N) is 1. The topological polar surface area (TPSA) is 140 Å². The number of para-hydroxylation sites is 1. The Hall–Kier alpha value is -5.09. The van der Waals surface area contributed by atoms with Gasteiger partial charge in [-0.2, -0.15) is 15.2 Å². The van der Waals surface area contributed by atoms with Crippen LogP contribution in [0.25, 0.3) is 32.4 Å². The second kappa shape index (κ2) is 13.1. The molecule has 2 aliphatic rings. The summed E-state index contributed by atoms with van der Waals surface area (Å²) in [6.45, 7) is 4.23. The number of carbonyl (C=O) groups is 1. The molecule has 53 heavy (non-hydrogen) atoms. The molecule has 1 amide bonds. The number of hydrogen-bond acceptors (Lipinski definition) is 9. The summed E-state index contributed by atoms with van der Waals surface area (Å²) in [6, 6.07) is 9.67. The molecule has 0 radical (unpaired) electrons. The number of hydrogen-bond donors (Lipinski definition) is 3. The summed E-state index contributed by atoms with van der Waals surface area (Å²) in [5.41, 5.74) is 9.22. The number of alkyl halides is 2. The molecule has 0 spiro atoms. The number of pyridine rings is 1. The number of aryl methyl sites for hydroxylation is 1.